The van der Waals surface area contributed by atoms with Crippen LogP contribution in [-0.4, -0.2) is 25.0 Å². The molecule has 0 spiro atoms. The molecule has 0 aliphatic heterocycles. The van der Waals surface area contributed by atoms with Crippen molar-refractivity contribution in [1.29, 1.82) is 0 Å². The van der Waals surface area contributed by atoms with Crippen molar-refractivity contribution in [3.8, 4) is 0 Å². The topological polar surface area (TPSA) is 52.6 Å². The van der Waals surface area contributed by atoms with Crippen molar-refractivity contribution in [2.24, 2.45) is 0 Å². The van der Waals surface area contributed by atoms with Crippen LogP contribution in [0.15, 0.2) is 24.0 Å². The summed E-state index contributed by atoms with van der Waals surface area (Å²) in [5.41, 5.74) is -0.751. The molecule has 1 aromatic carbocycles. The number of halogens is 3. The van der Waals surface area contributed by atoms with Crippen LogP contribution in [0.3, 0.4) is 0 Å². The van der Waals surface area contributed by atoms with Gasteiger partial charge in [-0.15, -0.1) is 0 Å². The number of carbonyl (C=O) groups excluding carboxylic acids is 2. The maximum Gasteiger partial charge on any atom is 0.345 e. The van der Waals surface area contributed by atoms with Crippen LogP contribution < -0.4 is 0 Å². The molecule has 0 heterocycles. The van der Waals surface area contributed by atoms with E-state index in [-0.39, 0.29) is 17.2 Å². The highest BCUT2D eigenvalue weighted by Crippen LogP contribution is 2.23. The van der Waals surface area contributed by atoms with Crippen molar-refractivity contribution in [1.82, 2.24) is 0 Å². The molecule has 1 rings (SSSR count). The van der Waals surface area contributed by atoms with Crippen LogP contribution >= 0.6 is 11.6 Å². The third-order valence-corrected chi connectivity index (χ3v) is 3.58. The Kier molecular flexibility index (Phi) is 9.13. The third kappa shape index (κ3) is 6.46. The lowest BCUT2D eigenvalue weighted by Gasteiger charge is -2.10. The number of ketones is 1. The molecule has 0 fully saturated rings. The second-order valence-electron chi connectivity index (χ2n) is 5.32. The third-order valence-electron chi connectivity index (χ3n) is 3.27. The molecule has 0 saturated heterocycles. The van der Waals surface area contributed by atoms with Crippen LogP contribution in [0.5, 0.6) is 0 Å². The fourth-order valence-corrected chi connectivity index (χ4v) is 2.03. The Balaban J connectivity index is 3.06. The van der Waals surface area contributed by atoms with E-state index in [1.54, 1.807) is 0 Å². The summed E-state index contributed by atoms with van der Waals surface area (Å²) < 4.78 is 36.8. The van der Waals surface area contributed by atoms with Gasteiger partial charge in [-0.05, 0) is 25.0 Å². The van der Waals surface area contributed by atoms with E-state index in [2.05, 4.69) is 0 Å². The molecule has 138 valence electrons. The zero-order valence-corrected chi connectivity index (χ0v) is 15.0. The highest BCUT2D eigenvalue weighted by molar-refractivity contribution is 6.36. The first kappa shape index (κ1) is 21.1. The summed E-state index contributed by atoms with van der Waals surface area (Å²) in [6.45, 7) is 4.32. The molecule has 4 nitrogen and oxygen atoms in total. The fraction of sp³-hybridized carbons (Fsp3) is 0.444. The Morgan fingerprint density at radius 2 is 1.68 bits per heavy atom. The monoisotopic (exact) mass is 374 g/mol. The fourth-order valence-electron chi connectivity index (χ4n) is 1.79. The number of ether oxygens (including phenoxy) is 2. The molecular formula is C18H21ClF2O4. The Morgan fingerprint density at radius 3 is 2.32 bits per heavy atom. The van der Waals surface area contributed by atoms with Gasteiger partial charge in [-0.3, -0.25) is 4.79 Å². The van der Waals surface area contributed by atoms with Gasteiger partial charge in [0, 0.05) is 5.56 Å². The lowest BCUT2D eigenvalue weighted by atomic mass is 10.0. The molecule has 7 heteroatoms. The van der Waals surface area contributed by atoms with Crippen LogP contribution in [0.1, 0.15) is 49.9 Å². The van der Waals surface area contributed by atoms with E-state index >= 15 is 0 Å². The molecule has 1 aromatic rings. The van der Waals surface area contributed by atoms with Gasteiger partial charge in [-0.25, -0.2) is 13.6 Å². The van der Waals surface area contributed by atoms with Crippen LogP contribution in [0, 0.1) is 11.6 Å². The lowest BCUT2D eigenvalue weighted by molar-refractivity contribution is -0.138. The van der Waals surface area contributed by atoms with Gasteiger partial charge < -0.3 is 9.47 Å². The zero-order chi connectivity index (χ0) is 18.8. The predicted molar refractivity (Wildman–Crippen MR) is 90.5 cm³/mol. The molecule has 0 aliphatic rings. The SMILES string of the molecule is CCCCOC=C(C(=O)OCCCC)C(=O)c1cc(F)c(F)cc1Cl. The first-order valence-corrected chi connectivity index (χ1v) is 8.48. The van der Waals surface area contributed by atoms with E-state index in [9.17, 15) is 18.4 Å². The summed E-state index contributed by atoms with van der Waals surface area (Å²) >= 11 is 5.81. The van der Waals surface area contributed by atoms with Gasteiger partial charge in [-0.1, -0.05) is 38.3 Å². The van der Waals surface area contributed by atoms with Crippen LogP contribution in [0.2, 0.25) is 5.02 Å². The molecule has 0 bridgehead atoms. The first-order valence-electron chi connectivity index (χ1n) is 8.10. The molecule has 0 amide bonds. The standard InChI is InChI=1S/C18H21ClF2O4/c1-3-5-7-24-11-13(18(23)25-8-6-4-2)17(22)12-9-15(20)16(21)10-14(12)19/h9-11H,3-8H2,1-2H3. The second kappa shape index (κ2) is 10.8. The minimum atomic E-state index is -1.24. The normalized spacial score (nSPS) is 11.3. The second-order valence-corrected chi connectivity index (χ2v) is 5.73. The van der Waals surface area contributed by atoms with E-state index in [0.29, 0.717) is 25.2 Å². The molecule has 0 unspecified atom stereocenters. The number of Topliss-reactive ketones (excluding diaryl/α,β-unsaturated/α-hetero) is 1. The average Bonchev–Trinajstić information content (AvgIpc) is 2.57. The number of rotatable bonds is 10. The van der Waals surface area contributed by atoms with Crippen molar-refractivity contribution in [3.63, 3.8) is 0 Å². The van der Waals surface area contributed by atoms with Crippen LogP contribution in [0.4, 0.5) is 8.78 Å². The summed E-state index contributed by atoms with van der Waals surface area (Å²) in [7, 11) is 0. The quantitative estimate of drug-likeness (QED) is 0.0859. The van der Waals surface area contributed by atoms with Crippen molar-refractivity contribution in [2.45, 2.75) is 39.5 Å². The van der Waals surface area contributed by atoms with E-state index < -0.39 is 29.0 Å². The highest BCUT2D eigenvalue weighted by Gasteiger charge is 2.25. The van der Waals surface area contributed by atoms with Crippen molar-refractivity contribution in [2.75, 3.05) is 13.2 Å². The molecule has 0 atom stereocenters. The highest BCUT2D eigenvalue weighted by atomic mass is 35.5. The molecule has 0 radical (unpaired) electrons. The molecule has 0 aromatic heterocycles. The molecule has 0 N–H and O–H groups in total. The maximum atomic E-state index is 13.4. The lowest BCUT2D eigenvalue weighted by Crippen LogP contribution is -2.18. The van der Waals surface area contributed by atoms with Gasteiger partial charge in [-0.2, -0.15) is 0 Å². The van der Waals surface area contributed by atoms with Crippen molar-refractivity contribution >= 4 is 23.4 Å². The van der Waals surface area contributed by atoms with Gasteiger partial charge in [0.05, 0.1) is 18.2 Å². The van der Waals surface area contributed by atoms with Gasteiger partial charge in [0.1, 0.15) is 11.8 Å². The Hall–Kier alpha value is -1.95. The first-order chi connectivity index (χ1) is 11.9. The number of carbonyl (C=O) groups is 2. The Labute approximate surface area is 150 Å². The van der Waals surface area contributed by atoms with Crippen molar-refractivity contribution in [3.05, 3.63) is 46.2 Å². The van der Waals surface area contributed by atoms with Crippen molar-refractivity contribution < 1.29 is 27.8 Å². The van der Waals surface area contributed by atoms with Crippen LogP contribution in [-0.2, 0) is 14.3 Å². The minimum absolute atomic E-state index is 0.139. The van der Waals surface area contributed by atoms with Gasteiger partial charge in [0.25, 0.3) is 0 Å². The molecule has 25 heavy (non-hydrogen) atoms. The Morgan fingerprint density at radius 1 is 1.08 bits per heavy atom. The van der Waals surface area contributed by atoms with E-state index in [1.165, 1.54) is 0 Å². The molecular weight excluding hydrogens is 354 g/mol. The summed E-state index contributed by atoms with van der Waals surface area (Å²) in [4.78, 5) is 24.7. The zero-order valence-electron chi connectivity index (χ0n) is 14.2. The number of benzene rings is 1. The predicted octanol–water partition coefficient (Wildman–Crippen LogP) is 4.84. The number of esters is 1. The largest absolute Gasteiger partial charge is 0.500 e. The summed E-state index contributed by atoms with van der Waals surface area (Å²) in [6, 6.07) is 1.33. The van der Waals surface area contributed by atoms with E-state index in [4.69, 9.17) is 21.1 Å². The van der Waals surface area contributed by atoms with E-state index in [1.807, 2.05) is 13.8 Å². The number of unbranched alkanes of at least 4 members (excludes halogenated alkanes) is 2. The number of hydrogen-bond donors (Lipinski definition) is 0. The number of hydrogen-bond acceptors (Lipinski definition) is 4. The maximum absolute atomic E-state index is 13.4. The van der Waals surface area contributed by atoms with Gasteiger partial charge >= 0.3 is 5.97 Å². The summed E-state index contributed by atoms with van der Waals surface area (Å²) in [5.74, 6) is -4.20. The Bertz CT molecular complexity index is 644. The molecule has 0 saturated carbocycles. The summed E-state index contributed by atoms with van der Waals surface area (Å²) in [6.07, 6.45) is 4.03. The van der Waals surface area contributed by atoms with Crippen LogP contribution in [0.25, 0.3) is 0 Å². The van der Waals surface area contributed by atoms with Gasteiger partial charge in [0.15, 0.2) is 11.6 Å². The minimum Gasteiger partial charge on any atom is -0.500 e. The smallest absolute Gasteiger partial charge is 0.345 e. The van der Waals surface area contributed by atoms with Gasteiger partial charge in [0.2, 0.25) is 5.78 Å². The summed E-state index contributed by atoms with van der Waals surface area (Å²) in [5, 5.41) is -0.301. The average molecular weight is 375 g/mol. The van der Waals surface area contributed by atoms with E-state index in [0.717, 1.165) is 25.5 Å². The molecule has 0 aliphatic carbocycles.